The molecule has 2 aliphatic rings. The Balaban J connectivity index is 1.91. The third-order valence-corrected chi connectivity index (χ3v) is 4.71. The Morgan fingerprint density at radius 3 is 2.90 bits per heavy atom. The summed E-state index contributed by atoms with van der Waals surface area (Å²) in [7, 11) is 0. The van der Waals surface area contributed by atoms with Crippen molar-refractivity contribution in [3.8, 4) is 0 Å². The number of carboxylic acid groups (broad SMARTS) is 1. The lowest BCUT2D eigenvalue weighted by Gasteiger charge is -2.24. The van der Waals surface area contributed by atoms with E-state index in [1.807, 2.05) is 0 Å². The number of hydrogen-bond donors (Lipinski definition) is 1. The van der Waals surface area contributed by atoms with Gasteiger partial charge < -0.3 is 10.0 Å². The number of hydrogen-bond acceptors (Lipinski definition) is 3. The van der Waals surface area contributed by atoms with Gasteiger partial charge in [-0.3, -0.25) is 9.78 Å². The highest BCUT2D eigenvalue weighted by Crippen LogP contribution is 2.42. The summed E-state index contributed by atoms with van der Waals surface area (Å²) >= 11 is 5.99. The van der Waals surface area contributed by atoms with Crippen molar-refractivity contribution >= 4 is 23.5 Å². The third kappa shape index (κ3) is 2.06. The highest BCUT2D eigenvalue weighted by molar-refractivity contribution is 6.33. The number of aromatic nitrogens is 1. The Labute approximate surface area is 121 Å². The van der Waals surface area contributed by atoms with Crippen LogP contribution in [-0.4, -0.2) is 39.5 Å². The molecule has 0 radical (unpaired) electrons. The van der Waals surface area contributed by atoms with E-state index in [4.69, 9.17) is 11.6 Å². The van der Waals surface area contributed by atoms with Crippen LogP contribution in [0.1, 0.15) is 29.6 Å². The molecule has 1 N–H and O–H groups in total. The van der Waals surface area contributed by atoms with Gasteiger partial charge in [0.25, 0.3) is 5.91 Å². The number of carbonyl (C=O) groups excluding carboxylic acids is 1. The molecule has 1 aromatic rings. The number of aliphatic carboxylic acids is 1. The Morgan fingerprint density at radius 2 is 2.20 bits per heavy atom. The van der Waals surface area contributed by atoms with Crippen molar-refractivity contribution in [3.63, 3.8) is 0 Å². The standard InChI is InChI=1S/C14H15ClN2O3/c15-11-6-16-5-4-10(11)13(18)17-7-8-2-1-3-9(8)12(17)14(19)20/h4-6,8-9,12H,1-3,7H2,(H,19,20). The van der Waals surface area contributed by atoms with Gasteiger partial charge in [0, 0.05) is 18.9 Å². The monoisotopic (exact) mass is 294 g/mol. The minimum absolute atomic E-state index is 0.0806. The van der Waals surface area contributed by atoms with E-state index < -0.39 is 12.0 Å². The molecule has 0 spiro atoms. The first-order valence-electron chi connectivity index (χ1n) is 6.73. The second-order valence-corrected chi connectivity index (χ2v) is 5.86. The van der Waals surface area contributed by atoms with Crippen molar-refractivity contribution in [2.75, 3.05) is 6.54 Å². The number of likely N-dealkylation sites (tertiary alicyclic amines) is 1. The van der Waals surface area contributed by atoms with E-state index in [2.05, 4.69) is 4.98 Å². The van der Waals surface area contributed by atoms with Crippen molar-refractivity contribution < 1.29 is 14.7 Å². The molecular formula is C14H15ClN2O3. The third-order valence-electron chi connectivity index (χ3n) is 4.41. The maximum atomic E-state index is 12.6. The summed E-state index contributed by atoms with van der Waals surface area (Å²) in [5.41, 5.74) is 0.327. The van der Waals surface area contributed by atoms with Crippen molar-refractivity contribution in [3.05, 3.63) is 29.0 Å². The second-order valence-electron chi connectivity index (χ2n) is 5.45. The van der Waals surface area contributed by atoms with E-state index in [0.717, 1.165) is 19.3 Å². The number of carbonyl (C=O) groups is 2. The van der Waals surface area contributed by atoms with Crippen LogP contribution in [0.25, 0.3) is 0 Å². The van der Waals surface area contributed by atoms with E-state index in [-0.39, 0.29) is 16.8 Å². The molecule has 2 fully saturated rings. The molecule has 6 heteroatoms. The Hall–Kier alpha value is -1.62. The molecule has 3 unspecified atom stereocenters. The lowest BCUT2D eigenvalue weighted by molar-refractivity contribution is -0.142. The van der Waals surface area contributed by atoms with Gasteiger partial charge >= 0.3 is 5.97 Å². The molecule has 106 valence electrons. The fraction of sp³-hybridized carbons (Fsp3) is 0.500. The molecule has 1 aliphatic heterocycles. The lowest BCUT2D eigenvalue weighted by atomic mass is 9.94. The van der Waals surface area contributed by atoms with Gasteiger partial charge in [0.2, 0.25) is 0 Å². The smallest absolute Gasteiger partial charge is 0.326 e. The molecule has 3 rings (SSSR count). The average Bonchev–Trinajstić information content (AvgIpc) is 2.97. The molecular weight excluding hydrogens is 280 g/mol. The van der Waals surface area contributed by atoms with Crippen LogP contribution < -0.4 is 0 Å². The van der Waals surface area contributed by atoms with E-state index in [0.29, 0.717) is 18.0 Å². The molecule has 1 aromatic heterocycles. The fourth-order valence-corrected chi connectivity index (χ4v) is 3.73. The second kappa shape index (κ2) is 5.05. The molecule has 1 saturated heterocycles. The topological polar surface area (TPSA) is 70.5 Å². The molecule has 1 saturated carbocycles. The first kappa shape index (κ1) is 13.4. The van der Waals surface area contributed by atoms with Gasteiger partial charge in [-0.25, -0.2) is 4.79 Å². The summed E-state index contributed by atoms with van der Waals surface area (Å²) in [5, 5.41) is 9.72. The molecule has 2 heterocycles. The minimum Gasteiger partial charge on any atom is -0.480 e. The van der Waals surface area contributed by atoms with Gasteiger partial charge in [0.05, 0.1) is 10.6 Å². The predicted molar refractivity (Wildman–Crippen MR) is 72.5 cm³/mol. The first-order chi connectivity index (χ1) is 9.59. The molecule has 20 heavy (non-hydrogen) atoms. The SMILES string of the molecule is O=C(O)C1C2CCCC2CN1C(=O)c1ccncc1Cl. The van der Waals surface area contributed by atoms with E-state index in [1.54, 1.807) is 0 Å². The van der Waals surface area contributed by atoms with E-state index >= 15 is 0 Å². The van der Waals surface area contributed by atoms with E-state index in [1.165, 1.54) is 23.4 Å². The zero-order valence-corrected chi connectivity index (χ0v) is 11.6. The maximum absolute atomic E-state index is 12.6. The van der Waals surface area contributed by atoms with Crippen LogP contribution in [0, 0.1) is 11.8 Å². The number of amides is 1. The normalized spacial score (nSPS) is 28.4. The summed E-state index contributed by atoms with van der Waals surface area (Å²) in [4.78, 5) is 29.4. The zero-order chi connectivity index (χ0) is 14.3. The van der Waals surface area contributed by atoms with Crippen molar-refractivity contribution in [1.29, 1.82) is 0 Å². The Kier molecular flexibility index (Phi) is 3.38. The summed E-state index contributed by atoms with van der Waals surface area (Å²) in [6.07, 6.45) is 5.84. The Morgan fingerprint density at radius 1 is 1.40 bits per heavy atom. The lowest BCUT2D eigenvalue weighted by Crippen LogP contribution is -2.43. The van der Waals surface area contributed by atoms with E-state index in [9.17, 15) is 14.7 Å². The van der Waals surface area contributed by atoms with Gasteiger partial charge in [-0.2, -0.15) is 0 Å². The average molecular weight is 295 g/mol. The van der Waals surface area contributed by atoms with Crippen LogP contribution in [0.2, 0.25) is 5.02 Å². The van der Waals surface area contributed by atoms with Gasteiger partial charge in [0.15, 0.2) is 0 Å². The highest BCUT2D eigenvalue weighted by atomic mass is 35.5. The summed E-state index contributed by atoms with van der Waals surface area (Å²) in [6.45, 7) is 0.513. The largest absolute Gasteiger partial charge is 0.480 e. The predicted octanol–water partition coefficient (Wildman–Crippen LogP) is 2.06. The van der Waals surface area contributed by atoms with Crippen LogP contribution in [-0.2, 0) is 4.79 Å². The summed E-state index contributed by atoms with van der Waals surface area (Å²) in [5.74, 6) is -0.838. The van der Waals surface area contributed by atoms with Crippen LogP contribution >= 0.6 is 11.6 Å². The number of carboxylic acids is 1. The number of nitrogens with zero attached hydrogens (tertiary/aromatic N) is 2. The van der Waals surface area contributed by atoms with Crippen LogP contribution in [0.5, 0.6) is 0 Å². The Bertz CT molecular complexity index is 563. The molecule has 1 aliphatic carbocycles. The molecule has 3 atom stereocenters. The molecule has 0 aromatic carbocycles. The van der Waals surface area contributed by atoms with Crippen molar-refractivity contribution in [2.24, 2.45) is 11.8 Å². The zero-order valence-electron chi connectivity index (χ0n) is 10.8. The van der Waals surface area contributed by atoms with Gasteiger partial charge in [0.1, 0.15) is 6.04 Å². The number of pyridine rings is 1. The maximum Gasteiger partial charge on any atom is 0.326 e. The van der Waals surface area contributed by atoms with Gasteiger partial charge in [-0.15, -0.1) is 0 Å². The van der Waals surface area contributed by atoms with Crippen molar-refractivity contribution in [2.45, 2.75) is 25.3 Å². The van der Waals surface area contributed by atoms with Crippen molar-refractivity contribution in [1.82, 2.24) is 9.88 Å². The number of fused-ring (bicyclic) bond motifs is 1. The highest BCUT2D eigenvalue weighted by Gasteiger charge is 2.49. The quantitative estimate of drug-likeness (QED) is 0.906. The van der Waals surface area contributed by atoms with Crippen LogP contribution in [0.4, 0.5) is 0 Å². The first-order valence-corrected chi connectivity index (χ1v) is 7.10. The fourth-order valence-electron chi connectivity index (χ4n) is 3.53. The molecule has 5 nitrogen and oxygen atoms in total. The van der Waals surface area contributed by atoms with Crippen LogP contribution in [0.3, 0.4) is 0 Å². The summed E-state index contributed by atoms with van der Waals surface area (Å²) in [6, 6.07) is 0.816. The minimum atomic E-state index is -0.919. The molecule has 0 bridgehead atoms. The molecule has 1 amide bonds. The number of halogens is 1. The summed E-state index contributed by atoms with van der Waals surface area (Å²) < 4.78 is 0. The van der Waals surface area contributed by atoms with Crippen LogP contribution in [0.15, 0.2) is 18.5 Å². The van der Waals surface area contributed by atoms with Gasteiger partial charge in [-0.05, 0) is 30.7 Å². The van der Waals surface area contributed by atoms with Gasteiger partial charge in [-0.1, -0.05) is 18.0 Å². The number of rotatable bonds is 2.